The van der Waals surface area contributed by atoms with E-state index in [0.29, 0.717) is 0 Å². The zero-order chi connectivity index (χ0) is 4.41. The maximum atomic E-state index is 3.79. The SMILES string of the molecule is [CH2]C1=NNCC1. The van der Waals surface area contributed by atoms with Crippen molar-refractivity contribution in [2.75, 3.05) is 6.54 Å². The van der Waals surface area contributed by atoms with E-state index in [-0.39, 0.29) is 0 Å². The van der Waals surface area contributed by atoms with Gasteiger partial charge in [0.1, 0.15) is 0 Å². The van der Waals surface area contributed by atoms with Gasteiger partial charge in [-0.05, 0) is 6.92 Å². The third kappa shape index (κ3) is 0.506. The van der Waals surface area contributed by atoms with Gasteiger partial charge in [-0.3, -0.25) is 0 Å². The van der Waals surface area contributed by atoms with Crippen LogP contribution in [-0.2, 0) is 0 Å². The van der Waals surface area contributed by atoms with Gasteiger partial charge in [0.15, 0.2) is 0 Å². The van der Waals surface area contributed by atoms with E-state index in [1.54, 1.807) is 0 Å². The summed E-state index contributed by atoms with van der Waals surface area (Å²) in [7, 11) is 0. The van der Waals surface area contributed by atoms with Gasteiger partial charge in [0.05, 0.1) is 0 Å². The summed E-state index contributed by atoms with van der Waals surface area (Å²) in [4.78, 5) is 0. The molecule has 1 aliphatic rings. The van der Waals surface area contributed by atoms with Crippen LogP contribution in [0.5, 0.6) is 0 Å². The molecule has 0 fully saturated rings. The summed E-state index contributed by atoms with van der Waals surface area (Å²) < 4.78 is 0. The van der Waals surface area contributed by atoms with Gasteiger partial charge in [-0.15, -0.1) is 0 Å². The van der Waals surface area contributed by atoms with E-state index in [0.717, 1.165) is 18.7 Å². The number of nitrogens with one attached hydrogen (secondary N) is 1. The second-order valence-corrected chi connectivity index (χ2v) is 1.34. The van der Waals surface area contributed by atoms with Crippen LogP contribution in [0, 0.1) is 6.92 Å². The number of hydrogen-bond donors (Lipinski definition) is 1. The molecule has 0 aromatic carbocycles. The normalized spacial score (nSPS) is 19.8. The molecular weight excluding hydrogens is 76.1 g/mol. The van der Waals surface area contributed by atoms with Crippen molar-refractivity contribution in [3.05, 3.63) is 6.92 Å². The molecule has 0 saturated carbocycles. The number of hydrazone groups is 1. The minimum atomic E-state index is 0.968. The lowest BCUT2D eigenvalue weighted by atomic mass is 10.3. The molecule has 1 radical (unpaired) electrons. The summed E-state index contributed by atoms with van der Waals surface area (Å²) in [5.41, 5.74) is 3.77. The van der Waals surface area contributed by atoms with Crippen molar-refractivity contribution in [1.29, 1.82) is 0 Å². The Morgan fingerprint density at radius 3 is 2.83 bits per heavy atom. The van der Waals surface area contributed by atoms with Crippen LogP contribution < -0.4 is 5.43 Å². The van der Waals surface area contributed by atoms with Crippen molar-refractivity contribution in [2.24, 2.45) is 5.10 Å². The molecule has 0 saturated heterocycles. The van der Waals surface area contributed by atoms with E-state index in [4.69, 9.17) is 0 Å². The van der Waals surface area contributed by atoms with Crippen LogP contribution >= 0.6 is 0 Å². The summed E-state index contributed by atoms with van der Waals surface area (Å²) in [6.07, 6.45) is 1.01. The second-order valence-electron chi connectivity index (χ2n) is 1.34. The molecule has 0 spiro atoms. The zero-order valence-corrected chi connectivity index (χ0v) is 3.57. The van der Waals surface area contributed by atoms with Crippen molar-refractivity contribution >= 4 is 5.71 Å². The molecule has 0 amide bonds. The average molecular weight is 83.1 g/mol. The smallest absolute Gasteiger partial charge is 0.0400 e. The highest BCUT2D eigenvalue weighted by Crippen LogP contribution is 1.87. The highest BCUT2D eigenvalue weighted by Gasteiger charge is 1.95. The Kier molecular flexibility index (Phi) is 0.783. The Morgan fingerprint density at radius 2 is 2.67 bits per heavy atom. The molecule has 0 bridgehead atoms. The Bertz CT molecular complexity index is 75.6. The van der Waals surface area contributed by atoms with Gasteiger partial charge in [-0.1, -0.05) is 0 Å². The molecule has 33 valence electrons. The summed E-state index contributed by atoms with van der Waals surface area (Å²) in [5.74, 6) is 0. The summed E-state index contributed by atoms with van der Waals surface area (Å²) in [6, 6.07) is 0. The predicted molar refractivity (Wildman–Crippen MR) is 25.4 cm³/mol. The Morgan fingerprint density at radius 1 is 1.83 bits per heavy atom. The zero-order valence-electron chi connectivity index (χ0n) is 3.57. The number of rotatable bonds is 0. The van der Waals surface area contributed by atoms with Gasteiger partial charge in [-0.2, -0.15) is 5.10 Å². The van der Waals surface area contributed by atoms with Crippen LogP contribution in [0.1, 0.15) is 6.42 Å². The van der Waals surface area contributed by atoms with E-state index >= 15 is 0 Å². The van der Waals surface area contributed by atoms with Gasteiger partial charge in [-0.25, -0.2) is 0 Å². The lowest BCUT2D eigenvalue weighted by Gasteiger charge is -1.76. The summed E-state index contributed by atoms with van der Waals surface area (Å²) in [6.45, 7) is 4.60. The first kappa shape index (κ1) is 3.65. The van der Waals surface area contributed by atoms with Gasteiger partial charge < -0.3 is 5.43 Å². The lowest BCUT2D eigenvalue weighted by molar-refractivity contribution is 0.813. The molecule has 1 aliphatic heterocycles. The van der Waals surface area contributed by atoms with E-state index in [2.05, 4.69) is 17.5 Å². The average Bonchev–Trinajstić information content (AvgIpc) is 1.86. The van der Waals surface area contributed by atoms with E-state index < -0.39 is 0 Å². The quantitative estimate of drug-likeness (QED) is 0.443. The van der Waals surface area contributed by atoms with Gasteiger partial charge in [0, 0.05) is 18.7 Å². The standard InChI is InChI=1S/C4H7N2/c1-4-2-3-5-6-4/h5H,1-3H2. The fourth-order valence-electron chi connectivity index (χ4n) is 0.424. The van der Waals surface area contributed by atoms with Crippen LogP contribution in [0.2, 0.25) is 0 Å². The van der Waals surface area contributed by atoms with Gasteiger partial charge in [0.25, 0.3) is 0 Å². The largest absolute Gasteiger partial charge is 0.310 e. The summed E-state index contributed by atoms with van der Waals surface area (Å²) in [5, 5.41) is 3.79. The van der Waals surface area contributed by atoms with E-state index in [1.165, 1.54) is 0 Å². The van der Waals surface area contributed by atoms with Gasteiger partial charge in [0.2, 0.25) is 0 Å². The van der Waals surface area contributed by atoms with Crippen molar-refractivity contribution in [2.45, 2.75) is 6.42 Å². The van der Waals surface area contributed by atoms with Crippen LogP contribution in [0.4, 0.5) is 0 Å². The number of nitrogens with zero attached hydrogens (tertiary/aromatic N) is 1. The molecule has 1 heterocycles. The molecule has 1 rings (SSSR count). The highest BCUT2D eigenvalue weighted by molar-refractivity contribution is 5.89. The maximum Gasteiger partial charge on any atom is 0.0400 e. The molecule has 0 unspecified atom stereocenters. The molecule has 0 aromatic rings. The summed E-state index contributed by atoms with van der Waals surface area (Å²) >= 11 is 0. The fraction of sp³-hybridized carbons (Fsp3) is 0.500. The third-order valence-electron chi connectivity index (χ3n) is 0.763. The molecule has 0 aromatic heterocycles. The topological polar surface area (TPSA) is 24.4 Å². The second kappa shape index (κ2) is 1.29. The minimum Gasteiger partial charge on any atom is -0.310 e. The molecule has 0 atom stereocenters. The first-order chi connectivity index (χ1) is 2.89. The highest BCUT2D eigenvalue weighted by atomic mass is 15.3. The molecule has 2 nitrogen and oxygen atoms in total. The minimum absolute atomic E-state index is 0.968. The van der Waals surface area contributed by atoms with Crippen molar-refractivity contribution in [1.82, 2.24) is 5.43 Å². The monoisotopic (exact) mass is 83.1 g/mol. The van der Waals surface area contributed by atoms with Crippen molar-refractivity contribution in [3.8, 4) is 0 Å². The first-order valence-corrected chi connectivity index (χ1v) is 2.01. The molecular formula is C4H7N2. The third-order valence-corrected chi connectivity index (χ3v) is 0.763. The molecule has 1 N–H and O–H groups in total. The molecule has 0 aliphatic carbocycles. The fourth-order valence-corrected chi connectivity index (χ4v) is 0.424. The van der Waals surface area contributed by atoms with E-state index in [1.807, 2.05) is 0 Å². The van der Waals surface area contributed by atoms with Crippen molar-refractivity contribution in [3.63, 3.8) is 0 Å². The van der Waals surface area contributed by atoms with Crippen molar-refractivity contribution < 1.29 is 0 Å². The Balaban J connectivity index is 2.45. The van der Waals surface area contributed by atoms with E-state index in [9.17, 15) is 0 Å². The van der Waals surface area contributed by atoms with Crippen LogP contribution in [-0.4, -0.2) is 12.3 Å². The van der Waals surface area contributed by atoms with Gasteiger partial charge >= 0.3 is 0 Å². The maximum absolute atomic E-state index is 3.79. The Hall–Kier alpha value is -0.530. The Labute approximate surface area is 37.2 Å². The lowest BCUT2D eigenvalue weighted by Crippen LogP contribution is -1.96. The van der Waals surface area contributed by atoms with Crippen LogP contribution in [0.25, 0.3) is 0 Å². The molecule has 6 heavy (non-hydrogen) atoms. The van der Waals surface area contributed by atoms with Crippen LogP contribution in [0.3, 0.4) is 0 Å². The molecule has 2 heteroatoms. The first-order valence-electron chi connectivity index (χ1n) is 2.01. The predicted octanol–water partition coefficient (Wildman–Crippen LogP) is 0.170. The number of hydrogen-bond acceptors (Lipinski definition) is 2. The van der Waals surface area contributed by atoms with Crippen LogP contribution in [0.15, 0.2) is 5.10 Å².